The molecule has 3 aliphatic heterocycles. The molecule has 0 saturated carbocycles. The predicted octanol–water partition coefficient (Wildman–Crippen LogP) is 2.17. The van der Waals surface area contributed by atoms with Crippen LogP contribution < -0.4 is 29.7 Å². The zero-order chi connectivity index (χ0) is 21.5. The minimum Gasteiger partial charge on any atom is -0.486 e. The van der Waals surface area contributed by atoms with E-state index >= 15 is 0 Å². The quantitative estimate of drug-likeness (QED) is 0.784. The van der Waals surface area contributed by atoms with Crippen LogP contribution in [-0.4, -0.2) is 43.6 Å². The van der Waals surface area contributed by atoms with E-state index in [0.717, 1.165) is 0 Å². The van der Waals surface area contributed by atoms with Crippen molar-refractivity contribution in [1.82, 2.24) is 0 Å². The van der Waals surface area contributed by atoms with Gasteiger partial charge in [0.15, 0.2) is 17.6 Å². The summed E-state index contributed by atoms with van der Waals surface area (Å²) in [6, 6.07) is 10.4. The third-order valence-corrected chi connectivity index (χ3v) is 5.51. The summed E-state index contributed by atoms with van der Waals surface area (Å²) in [6.45, 7) is 2.89. The van der Waals surface area contributed by atoms with Gasteiger partial charge in [0.25, 0.3) is 5.91 Å². The summed E-state index contributed by atoms with van der Waals surface area (Å²) in [7, 11) is 0. The lowest BCUT2D eigenvalue weighted by Gasteiger charge is -2.24. The number of anilines is 3. The maximum atomic E-state index is 12.8. The Labute approximate surface area is 178 Å². The SMILES string of the molecule is C[C@H]1Oc2ccc(NC(=O)[C@@H]3CC(=O)N(c4ccc5c(c4)OCCO5)C3)cc2NC1=O. The number of fused-ring (bicyclic) bond motifs is 2. The second-order valence-electron chi connectivity index (χ2n) is 7.68. The van der Waals surface area contributed by atoms with Crippen LogP contribution in [0.15, 0.2) is 36.4 Å². The maximum Gasteiger partial charge on any atom is 0.265 e. The maximum absolute atomic E-state index is 12.8. The molecular formula is C22H21N3O6. The molecule has 0 aliphatic carbocycles. The molecule has 2 aromatic rings. The molecule has 31 heavy (non-hydrogen) atoms. The Morgan fingerprint density at radius 3 is 2.68 bits per heavy atom. The average Bonchev–Trinajstić information content (AvgIpc) is 3.16. The van der Waals surface area contributed by atoms with Gasteiger partial charge in [0.05, 0.1) is 11.6 Å². The van der Waals surface area contributed by atoms with Gasteiger partial charge in [-0.2, -0.15) is 0 Å². The fourth-order valence-electron chi connectivity index (χ4n) is 3.86. The van der Waals surface area contributed by atoms with E-state index in [2.05, 4.69) is 10.6 Å². The highest BCUT2D eigenvalue weighted by Gasteiger charge is 2.36. The van der Waals surface area contributed by atoms with Crippen LogP contribution in [0.5, 0.6) is 17.2 Å². The van der Waals surface area contributed by atoms with Crippen molar-refractivity contribution in [1.29, 1.82) is 0 Å². The molecule has 1 saturated heterocycles. The highest BCUT2D eigenvalue weighted by Crippen LogP contribution is 2.36. The molecule has 0 bridgehead atoms. The minimum atomic E-state index is -0.566. The number of ether oxygens (including phenoxy) is 3. The van der Waals surface area contributed by atoms with Crippen LogP contribution >= 0.6 is 0 Å². The molecule has 0 radical (unpaired) electrons. The zero-order valence-electron chi connectivity index (χ0n) is 16.8. The number of amides is 3. The topological polar surface area (TPSA) is 106 Å². The van der Waals surface area contributed by atoms with Gasteiger partial charge in [0.1, 0.15) is 19.0 Å². The van der Waals surface area contributed by atoms with Gasteiger partial charge in [-0.25, -0.2) is 0 Å². The van der Waals surface area contributed by atoms with Crippen LogP contribution in [0, 0.1) is 5.92 Å². The second kappa shape index (κ2) is 7.50. The first-order valence-corrected chi connectivity index (χ1v) is 10.1. The fourth-order valence-corrected chi connectivity index (χ4v) is 3.86. The van der Waals surface area contributed by atoms with Gasteiger partial charge < -0.3 is 29.7 Å². The number of nitrogens with zero attached hydrogens (tertiary/aromatic N) is 1. The summed E-state index contributed by atoms with van der Waals surface area (Å²) in [5.41, 5.74) is 1.70. The van der Waals surface area contributed by atoms with Crippen molar-refractivity contribution in [3.05, 3.63) is 36.4 Å². The number of hydrogen-bond donors (Lipinski definition) is 2. The monoisotopic (exact) mass is 423 g/mol. The van der Waals surface area contributed by atoms with E-state index in [1.54, 1.807) is 48.2 Å². The van der Waals surface area contributed by atoms with Crippen molar-refractivity contribution in [3.63, 3.8) is 0 Å². The van der Waals surface area contributed by atoms with Gasteiger partial charge in [-0.1, -0.05) is 0 Å². The predicted molar refractivity (Wildman–Crippen MR) is 112 cm³/mol. The molecule has 2 N–H and O–H groups in total. The first kappa shape index (κ1) is 19.2. The van der Waals surface area contributed by atoms with E-state index in [9.17, 15) is 14.4 Å². The van der Waals surface area contributed by atoms with Crippen LogP contribution in [0.1, 0.15) is 13.3 Å². The summed E-state index contributed by atoms with van der Waals surface area (Å²) in [5, 5.41) is 5.59. The first-order chi connectivity index (χ1) is 15.0. The van der Waals surface area contributed by atoms with Crippen LogP contribution in [0.4, 0.5) is 17.1 Å². The molecule has 0 aromatic heterocycles. The van der Waals surface area contributed by atoms with Crippen molar-refractivity contribution in [2.24, 2.45) is 5.92 Å². The number of benzene rings is 2. The number of carbonyl (C=O) groups is 3. The van der Waals surface area contributed by atoms with Gasteiger partial charge in [-0.15, -0.1) is 0 Å². The third-order valence-electron chi connectivity index (χ3n) is 5.51. The average molecular weight is 423 g/mol. The Bertz CT molecular complexity index is 1080. The van der Waals surface area contributed by atoms with E-state index in [4.69, 9.17) is 14.2 Å². The van der Waals surface area contributed by atoms with Crippen LogP contribution in [0.25, 0.3) is 0 Å². The molecule has 5 rings (SSSR count). The molecule has 3 aliphatic rings. The molecule has 9 heteroatoms. The van der Waals surface area contributed by atoms with E-state index in [-0.39, 0.29) is 30.7 Å². The first-order valence-electron chi connectivity index (χ1n) is 10.1. The van der Waals surface area contributed by atoms with Crippen molar-refractivity contribution >= 4 is 34.8 Å². The van der Waals surface area contributed by atoms with E-state index in [1.165, 1.54) is 0 Å². The highest BCUT2D eigenvalue weighted by atomic mass is 16.6. The Hall–Kier alpha value is -3.75. The number of hydrogen-bond acceptors (Lipinski definition) is 6. The van der Waals surface area contributed by atoms with Gasteiger partial charge in [0.2, 0.25) is 11.8 Å². The minimum absolute atomic E-state index is 0.114. The van der Waals surface area contributed by atoms with Crippen LogP contribution in [0.3, 0.4) is 0 Å². The zero-order valence-corrected chi connectivity index (χ0v) is 16.8. The molecule has 2 aromatic carbocycles. The van der Waals surface area contributed by atoms with Crippen molar-refractivity contribution in [3.8, 4) is 17.2 Å². The Kier molecular flexibility index (Phi) is 4.65. The van der Waals surface area contributed by atoms with Crippen molar-refractivity contribution < 1.29 is 28.6 Å². The molecule has 3 amide bonds. The van der Waals surface area contributed by atoms with Crippen LogP contribution in [0.2, 0.25) is 0 Å². The summed E-state index contributed by atoms with van der Waals surface area (Å²) in [6.07, 6.45) is -0.452. The molecule has 1 fully saturated rings. The second-order valence-corrected chi connectivity index (χ2v) is 7.68. The fraction of sp³-hybridized carbons (Fsp3) is 0.318. The standard InChI is InChI=1S/C22H21N3O6/c1-12-21(27)24-16-9-14(2-4-17(16)31-12)23-22(28)13-8-20(26)25(11-13)15-3-5-18-19(10-15)30-7-6-29-18/h2-5,9-10,12-13H,6-8,11H2,1H3,(H,23,28)(H,24,27)/t12-,13-/m1/s1. The molecule has 9 nitrogen and oxygen atoms in total. The summed E-state index contributed by atoms with van der Waals surface area (Å²) in [5.74, 6) is 0.661. The lowest BCUT2D eigenvalue weighted by molar-refractivity contribution is -0.122. The van der Waals surface area contributed by atoms with Crippen molar-refractivity contribution in [2.45, 2.75) is 19.4 Å². The normalized spacial score (nSPS) is 21.8. The largest absolute Gasteiger partial charge is 0.486 e. The van der Waals surface area contributed by atoms with Gasteiger partial charge in [-0.3, -0.25) is 14.4 Å². The van der Waals surface area contributed by atoms with Crippen molar-refractivity contribution in [2.75, 3.05) is 35.3 Å². The number of carbonyl (C=O) groups excluding carboxylic acids is 3. The number of nitrogens with one attached hydrogen (secondary N) is 2. The molecule has 3 heterocycles. The van der Waals surface area contributed by atoms with Gasteiger partial charge in [0, 0.05) is 30.4 Å². The summed E-state index contributed by atoms with van der Waals surface area (Å²) in [4.78, 5) is 38.8. The molecular weight excluding hydrogens is 402 g/mol. The summed E-state index contributed by atoms with van der Waals surface area (Å²) >= 11 is 0. The molecule has 0 spiro atoms. The van der Waals surface area contributed by atoms with Gasteiger partial charge in [-0.05, 0) is 37.3 Å². The number of rotatable bonds is 3. The third kappa shape index (κ3) is 3.63. The van der Waals surface area contributed by atoms with Crippen LogP contribution in [-0.2, 0) is 14.4 Å². The molecule has 0 unspecified atom stereocenters. The van der Waals surface area contributed by atoms with E-state index in [1.807, 2.05) is 0 Å². The lowest BCUT2D eigenvalue weighted by atomic mass is 10.1. The highest BCUT2D eigenvalue weighted by molar-refractivity contribution is 6.04. The Morgan fingerprint density at radius 2 is 1.84 bits per heavy atom. The Morgan fingerprint density at radius 1 is 1.06 bits per heavy atom. The lowest BCUT2D eigenvalue weighted by Crippen LogP contribution is -2.34. The van der Waals surface area contributed by atoms with Gasteiger partial charge >= 0.3 is 0 Å². The molecule has 160 valence electrons. The Balaban J connectivity index is 1.28. The summed E-state index contributed by atoms with van der Waals surface area (Å²) < 4.78 is 16.6. The van der Waals surface area contributed by atoms with E-state index in [0.29, 0.717) is 47.5 Å². The smallest absolute Gasteiger partial charge is 0.265 e. The van der Waals surface area contributed by atoms with E-state index < -0.39 is 12.0 Å². The molecule has 2 atom stereocenters.